The third-order valence-corrected chi connectivity index (χ3v) is 5.45. The van der Waals surface area contributed by atoms with Crippen molar-refractivity contribution in [1.29, 1.82) is 5.26 Å². The Balaban J connectivity index is 1.83. The fraction of sp³-hybridized carbons (Fsp3) is 0.667. The van der Waals surface area contributed by atoms with Gasteiger partial charge in [-0.1, -0.05) is 0 Å². The molecule has 1 aromatic heterocycles. The molecule has 5 rings (SSSR count). The largest absolute Gasteiger partial charge is 0.476 e. The summed E-state index contributed by atoms with van der Waals surface area (Å²) in [5, 5.41) is 18.3. The summed E-state index contributed by atoms with van der Waals surface area (Å²) in [6, 6.07) is 1.83. The van der Waals surface area contributed by atoms with Crippen molar-refractivity contribution in [2.75, 3.05) is 0 Å². The first kappa shape index (κ1) is 12.0. The van der Waals surface area contributed by atoms with Crippen LogP contribution in [0.3, 0.4) is 0 Å². The van der Waals surface area contributed by atoms with Crippen LogP contribution in [0.25, 0.3) is 0 Å². The maximum absolute atomic E-state index is 11.4. The van der Waals surface area contributed by atoms with Crippen molar-refractivity contribution in [2.24, 2.45) is 17.8 Å². The van der Waals surface area contributed by atoms with Crippen molar-refractivity contribution in [1.82, 2.24) is 4.98 Å². The summed E-state index contributed by atoms with van der Waals surface area (Å²) in [5.41, 5.74) is -0.214. The summed E-state index contributed by atoms with van der Waals surface area (Å²) in [4.78, 5) is 15.3. The maximum Gasteiger partial charge on any atom is 0.358 e. The van der Waals surface area contributed by atoms with Crippen molar-refractivity contribution >= 4 is 5.97 Å². The maximum atomic E-state index is 11.4. The van der Waals surface area contributed by atoms with E-state index in [1.807, 2.05) is 6.07 Å². The van der Waals surface area contributed by atoms with Crippen LogP contribution < -0.4 is 0 Å². The van der Waals surface area contributed by atoms with Gasteiger partial charge in [-0.2, -0.15) is 10.2 Å². The van der Waals surface area contributed by atoms with Crippen molar-refractivity contribution in [3.63, 3.8) is 0 Å². The van der Waals surface area contributed by atoms with Crippen LogP contribution >= 0.6 is 0 Å². The normalized spacial score (nSPS) is 37.9. The molecule has 1 heterocycles. The minimum atomic E-state index is -1.08. The Morgan fingerprint density at radius 2 is 1.80 bits per heavy atom. The Labute approximate surface area is 116 Å². The number of carboxylic acid groups (broad SMARTS) is 1. The van der Waals surface area contributed by atoms with Gasteiger partial charge in [0.1, 0.15) is 5.76 Å². The van der Waals surface area contributed by atoms with Gasteiger partial charge in [-0.15, -0.1) is 0 Å². The van der Waals surface area contributed by atoms with E-state index < -0.39 is 5.97 Å². The van der Waals surface area contributed by atoms with Gasteiger partial charge in [0.15, 0.2) is 11.8 Å². The molecule has 4 aliphatic rings. The van der Waals surface area contributed by atoms with Crippen LogP contribution in [0.2, 0.25) is 0 Å². The van der Waals surface area contributed by atoms with Crippen LogP contribution in [0.1, 0.15) is 60.7 Å². The standard InChI is InChI=1S/C15H16N2O3/c16-7-11-17-12(14(18)19)13(20-11)15-4-8-1-9(5-15)3-10(2-8)6-15/h8-10H,1-6H2,(H,18,19). The summed E-state index contributed by atoms with van der Waals surface area (Å²) >= 11 is 0. The monoisotopic (exact) mass is 272 g/mol. The number of aromatic carboxylic acids is 1. The number of hydrogen-bond acceptors (Lipinski definition) is 4. The number of carboxylic acids is 1. The summed E-state index contributed by atoms with van der Waals surface area (Å²) in [6.07, 6.45) is 6.83. The average Bonchev–Trinajstić information content (AvgIpc) is 2.82. The first-order valence-corrected chi connectivity index (χ1v) is 7.24. The Morgan fingerprint density at radius 3 is 2.25 bits per heavy atom. The Bertz CT molecular complexity index is 590. The summed E-state index contributed by atoms with van der Waals surface area (Å²) in [6.45, 7) is 0. The van der Waals surface area contributed by atoms with Gasteiger partial charge in [0.05, 0.1) is 0 Å². The lowest BCUT2D eigenvalue weighted by Crippen LogP contribution is -2.48. The van der Waals surface area contributed by atoms with E-state index in [0.717, 1.165) is 19.3 Å². The van der Waals surface area contributed by atoms with Crippen LogP contribution in [-0.2, 0) is 5.41 Å². The average molecular weight is 272 g/mol. The minimum Gasteiger partial charge on any atom is -0.476 e. The second kappa shape index (κ2) is 3.85. The highest BCUT2D eigenvalue weighted by Crippen LogP contribution is 2.61. The molecule has 1 aromatic rings. The molecule has 0 saturated heterocycles. The van der Waals surface area contributed by atoms with Gasteiger partial charge in [-0.05, 0) is 56.3 Å². The van der Waals surface area contributed by atoms with Gasteiger partial charge in [-0.3, -0.25) is 0 Å². The predicted octanol–water partition coefficient (Wildman–Crippen LogP) is 2.71. The fourth-order valence-electron chi connectivity index (χ4n) is 5.26. The molecule has 5 heteroatoms. The first-order chi connectivity index (χ1) is 9.59. The van der Waals surface area contributed by atoms with E-state index in [1.165, 1.54) is 19.3 Å². The molecule has 0 amide bonds. The molecule has 4 bridgehead atoms. The molecule has 4 fully saturated rings. The van der Waals surface area contributed by atoms with Crippen LogP contribution in [0, 0.1) is 29.1 Å². The first-order valence-electron chi connectivity index (χ1n) is 7.24. The molecule has 0 unspecified atom stereocenters. The van der Waals surface area contributed by atoms with E-state index in [0.29, 0.717) is 23.5 Å². The molecule has 0 aromatic carbocycles. The van der Waals surface area contributed by atoms with Gasteiger partial charge in [0.25, 0.3) is 0 Å². The Morgan fingerprint density at radius 1 is 1.25 bits per heavy atom. The van der Waals surface area contributed by atoms with E-state index in [4.69, 9.17) is 9.68 Å². The second-order valence-electron chi connectivity index (χ2n) is 6.81. The second-order valence-corrected chi connectivity index (χ2v) is 6.81. The molecule has 20 heavy (non-hydrogen) atoms. The van der Waals surface area contributed by atoms with Gasteiger partial charge in [-0.25, -0.2) is 4.79 Å². The van der Waals surface area contributed by atoms with Crippen molar-refractivity contribution in [3.8, 4) is 6.07 Å². The zero-order chi connectivity index (χ0) is 13.9. The van der Waals surface area contributed by atoms with Crippen molar-refractivity contribution in [3.05, 3.63) is 17.3 Å². The van der Waals surface area contributed by atoms with E-state index in [2.05, 4.69) is 4.98 Å². The summed E-state index contributed by atoms with van der Waals surface area (Å²) in [5.74, 6) is 1.35. The van der Waals surface area contributed by atoms with Crippen molar-refractivity contribution < 1.29 is 14.3 Å². The molecular weight excluding hydrogens is 256 g/mol. The number of nitrogens with zero attached hydrogens (tertiary/aromatic N) is 2. The lowest BCUT2D eigenvalue weighted by atomic mass is 9.49. The smallest absolute Gasteiger partial charge is 0.358 e. The van der Waals surface area contributed by atoms with E-state index in [-0.39, 0.29) is 17.0 Å². The lowest BCUT2D eigenvalue weighted by Gasteiger charge is -2.55. The van der Waals surface area contributed by atoms with Crippen LogP contribution in [0.15, 0.2) is 4.42 Å². The third kappa shape index (κ3) is 1.54. The molecule has 0 radical (unpaired) electrons. The van der Waals surface area contributed by atoms with Gasteiger partial charge < -0.3 is 9.52 Å². The molecule has 5 nitrogen and oxygen atoms in total. The number of oxazole rings is 1. The zero-order valence-electron chi connectivity index (χ0n) is 11.1. The lowest BCUT2D eigenvalue weighted by molar-refractivity contribution is -0.0160. The molecule has 1 N–H and O–H groups in total. The van der Waals surface area contributed by atoms with Crippen LogP contribution in [-0.4, -0.2) is 16.1 Å². The number of aromatic nitrogens is 1. The molecular formula is C15H16N2O3. The number of hydrogen-bond donors (Lipinski definition) is 1. The summed E-state index contributed by atoms with van der Waals surface area (Å²) in [7, 11) is 0. The van der Waals surface area contributed by atoms with Crippen LogP contribution in [0.5, 0.6) is 0 Å². The van der Waals surface area contributed by atoms with E-state index in [9.17, 15) is 9.90 Å². The third-order valence-electron chi connectivity index (χ3n) is 5.45. The molecule has 4 aliphatic carbocycles. The van der Waals surface area contributed by atoms with Crippen LogP contribution in [0.4, 0.5) is 0 Å². The van der Waals surface area contributed by atoms with E-state index >= 15 is 0 Å². The van der Waals surface area contributed by atoms with Gasteiger partial charge >= 0.3 is 11.9 Å². The predicted molar refractivity (Wildman–Crippen MR) is 68.0 cm³/mol. The number of nitriles is 1. The molecule has 104 valence electrons. The SMILES string of the molecule is N#Cc1nc(C(=O)O)c(C23CC4CC(CC(C4)C2)C3)o1. The Hall–Kier alpha value is -1.83. The highest BCUT2D eigenvalue weighted by Gasteiger charge is 2.54. The summed E-state index contributed by atoms with van der Waals surface area (Å²) < 4.78 is 5.56. The highest BCUT2D eigenvalue weighted by molar-refractivity contribution is 5.87. The molecule has 0 atom stereocenters. The van der Waals surface area contributed by atoms with Gasteiger partial charge in [0, 0.05) is 5.41 Å². The number of carbonyl (C=O) groups is 1. The number of rotatable bonds is 2. The molecule has 4 saturated carbocycles. The molecule has 0 spiro atoms. The highest BCUT2D eigenvalue weighted by atomic mass is 16.4. The minimum absolute atomic E-state index is 0.0384. The van der Waals surface area contributed by atoms with Crippen molar-refractivity contribution in [2.45, 2.75) is 43.9 Å². The quantitative estimate of drug-likeness (QED) is 0.894. The fourth-order valence-corrected chi connectivity index (χ4v) is 5.26. The topological polar surface area (TPSA) is 87.1 Å². The van der Waals surface area contributed by atoms with E-state index in [1.54, 1.807) is 0 Å². The zero-order valence-corrected chi connectivity index (χ0v) is 11.1. The molecule has 0 aliphatic heterocycles. The Kier molecular flexibility index (Phi) is 2.30. The van der Waals surface area contributed by atoms with Gasteiger partial charge in [0.2, 0.25) is 0 Å².